The van der Waals surface area contributed by atoms with Crippen LogP contribution < -0.4 is 0 Å². The number of carbonyl (C=O) groups is 2. The molecular weight excluding hydrogens is 308 g/mol. The second-order valence-electron chi connectivity index (χ2n) is 8.11. The maximum atomic E-state index is 13.4. The molecule has 1 saturated carbocycles. The summed E-state index contributed by atoms with van der Waals surface area (Å²) >= 11 is 0. The van der Waals surface area contributed by atoms with E-state index >= 15 is 0 Å². The average molecular weight is 336 g/mol. The first-order chi connectivity index (χ1) is 11.8. The number of hydrogen-bond donors (Lipinski definition) is 0. The molecule has 2 bridgehead atoms. The molecule has 0 saturated heterocycles. The number of ketones is 1. The van der Waals surface area contributed by atoms with E-state index in [9.17, 15) is 9.59 Å². The van der Waals surface area contributed by atoms with Crippen molar-refractivity contribution < 1.29 is 9.59 Å². The van der Waals surface area contributed by atoms with Gasteiger partial charge in [0.25, 0.3) is 0 Å². The molecule has 2 nitrogen and oxygen atoms in total. The summed E-state index contributed by atoms with van der Waals surface area (Å²) in [4.78, 5) is 25.4. The molecule has 3 rings (SSSR count). The zero-order chi connectivity index (χ0) is 18.5. The third-order valence-electron chi connectivity index (χ3n) is 6.16. The van der Waals surface area contributed by atoms with E-state index in [2.05, 4.69) is 45.1 Å². The third kappa shape index (κ3) is 2.72. The molecule has 0 amide bonds. The highest BCUT2D eigenvalue weighted by atomic mass is 16.1. The molecule has 1 aromatic carbocycles. The molecule has 2 heteroatoms. The number of carbonyl (C=O) groups excluding carboxylic acids is 2. The summed E-state index contributed by atoms with van der Waals surface area (Å²) in [6.45, 7) is 12.5. The molecule has 0 radical (unpaired) electrons. The lowest BCUT2D eigenvalue weighted by atomic mass is 9.75. The quantitative estimate of drug-likeness (QED) is 0.447. The Kier molecular flexibility index (Phi) is 4.57. The van der Waals surface area contributed by atoms with Crippen molar-refractivity contribution in [3.63, 3.8) is 0 Å². The van der Waals surface area contributed by atoms with Crippen LogP contribution in [0.1, 0.15) is 48.9 Å². The van der Waals surface area contributed by atoms with Gasteiger partial charge in [-0.15, -0.1) is 0 Å². The largest absolute Gasteiger partial charge is 0.302 e. The number of aldehydes is 1. The topological polar surface area (TPSA) is 34.1 Å². The Bertz CT molecular complexity index is 769. The predicted octanol–water partition coefficient (Wildman–Crippen LogP) is 4.87. The summed E-state index contributed by atoms with van der Waals surface area (Å²) < 4.78 is 0. The Balaban J connectivity index is 2.02. The van der Waals surface area contributed by atoms with Crippen LogP contribution in [0.2, 0.25) is 0 Å². The summed E-state index contributed by atoms with van der Waals surface area (Å²) in [5, 5.41) is 0. The normalized spacial score (nSPS) is 28.3. The Labute approximate surface area is 151 Å². The minimum absolute atomic E-state index is 0.0878. The van der Waals surface area contributed by atoms with Gasteiger partial charge < -0.3 is 4.79 Å². The predicted molar refractivity (Wildman–Crippen MR) is 102 cm³/mol. The van der Waals surface area contributed by atoms with Gasteiger partial charge in [-0.3, -0.25) is 4.79 Å². The Morgan fingerprint density at radius 1 is 1.04 bits per heavy atom. The second-order valence-corrected chi connectivity index (χ2v) is 8.11. The molecule has 1 fully saturated rings. The lowest BCUT2D eigenvalue weighted by Crippen LogP contribution is -2.31. The monoisotopic (exact) mass is 336 g/mol. The number of benzene rings is 1. The van der Waals surface area contributed by atoms with Crippen molar-refractivity contribution in [2.75, 3.05) is 0 Å². The van der Waals surface area contributed by atoms with Crippen LogP contribution in [0.3, 0.4) is 0 Å². The zero-order valence-corrected chi connectivity index (χ0v) is 16.1. The van der Waals surface area contributed by atoms with Gasteiger partial charge in [-0.1, -0.05) is 47.9 Å². The number of Topliss-reactive ketones (excluding diaryl/α,β-unsaturated/α-hetero) is 1. The van der Waals surface area contributed by atoms with Crippen molar-refractivity contribution in [3.8, 4) is 0 Å². The smallest absolute Gasteiger partial charge is 0.151 e. The molecule has 2 aliphatic carbocycles. The van der Waals surface area contributed by atoms with E-state index in [4.69, 9.17) is 0 Å². The highest BCUT2D eigenvalue weighted by molar-refractivity contribution is 6.02. The average Bonchev–Trinajstić information content (AvgIpc) is 3.06. The van der Waals surface area contributed by atoms with E-state index in [1.807, 2.05) is 20.8 Å². The van der Waals surface area contributed by atoms with Crippen LogP contribution in [-0.2, 0) is 9.59 Å². The van der Waals surface area contributed by atoms with Crippen molar-refractivity contribution in [3.05, 3.63) is 57.7 Å². The first-order valence-corrected chi connectivity index (χ1v) is 9.20. The van der Waals surface area contributed by atoms with Gasteiger partial charge in [-0.2, -0.15) is 0 Å². The molecule has 0 aliphatic heterocycles. The fraction of sp³-hybridized carbons (Fsp3) is 0.478. The molecule has 1 aromatic rings. The van der Waals surface area contributed by atoms with Gasteiger partial charge in [0.2, 0.25) is 0 Å². The lowest BCUT2D eigenvalue weighted by Gasteiger charge is -2.27. The van der Waals surface area contributed by atoms with E-state index in [0.29, 0.717) is 5.92 Å². The maximum Gasteiger partial charge on any atom is 0.151 e. The number of hydrogen-bond acceptors (Lipinski definition) is 2. The fourth-order valence-electron chi connectivity index (χ4n) is 5.26. The second kappa shape index (κ2) is 6.40. The first-order valence-electron chi connectivity index (χ1n) is 9.20. The van der Waals surface area contributed by atoms with Crippen molar-refractivity contribution in [2.45, 2.75) is 47.5 Å². The number of allylic oxidation sites excluding steroid dienone is 4. The van der Waals surface area contributed by atoms with Crippen molar-refractivity contribution >= 4 is 12.1 Å². The standard InChI is InChI=1S/C23H28O2/c1-12(2)20-17-7-8-18(20)22(16(17)6)23(25)19(11-24)21-14(4)9-13(3)10-15(21)5/h7-11,16-19,22H,1-6H3. The SMILES string of the molecule is CC(C)=C1C2C=CC1C(C(=O)C(C=O)c1c(C)cc(C)cc1C)C2C. The molecule has 0 N–H and O–H groups in total. The van der Waals surface area contributed by atoms with Gasteiger partial charge in [0.1, 0.15) is 6.29 Å². The van der Waals surface area contributed by atoms with Crippen LogP contribution in [-0.4, -0.2) is 12.1 Å². The van der Waals surface area contributed by atoms with Gasteiger partial charge in [-0.05, 0) is 57.2 Å². The van der Waals surface area contributed by atoms with Gasteiger partial charge in [0, 0.05) is 17.8 Å². The van der Waals surface area contributed by atoms with Gasteiger partial charge in [-0.25, -0.2) is 0 Å². The summed E-state index contributed by atoms with van der Waals surface area (Å²) in [5.74, 6) is 0.144. The Hall–Kier alpha value is -1.96. The summed E-state index contributed by atoms with van der Waals surface area (Å²) in [5.41, 5.74) is 6.86. The third-order valence-corrected chi connectivity index (χ3v) is 6.16. The molecule has 0 spiro atoms. The van der Waals surface area contributed by atoms with Crippen LogP contribution in [0.15, 0.2) is 35.4 Å². The van der Waals surface area contributed by atoms with Crippen LogP contribution in [0.25, 0.3) is 0 Å². The molecule has 0 aromatic heterocycles. The molecule has 5 atom stereocenters. The highest BCUT2D eigenvalue weighted by Crippen LogP contribution is 2.54. The van der Waals surface area contributed by atoms with Crippen molar-refractivity contribution in [1.82, 2.24) is 0 Å². The maximum absolute atomic E-state index is 13.4. The minimum Gasteiger partial charge on any atom is -0.302 e. The summed E-state index contributed by atoms with van der Waals surface area (Å²) in [6, 6.07) is 4.13. The van der Waals surface area contributed by atoms with E-state index in [0.717, 1.165) is 23.0 Å². The summed E-state index contributed by atoms with van der Waals surface area (Å²) in [6.07, 6.45) is 5.30. The van der Waals surface area contributed by atoms with Crippen molar-refractivity contribution in [2.24, 2.45) is 23.7 Å². The first kappa shape index (κ1) is 17.8. The van der Waals surface area contributed by atoms with Gasteiger partial charge >= 0.3 is 0 Å². The minimum atomic E-state index is -0.654. The molecule has 5 unspecified atom stereocenters. The number of fused-ring (bicyclic) bond motifs is 2. The molecule has 132 valence electrons. The van der Waals surface area contributed by atoms with E-state index in [1.54, 1.807) is 0 Å². The Morgan fingerprint density at radius 2 is 1.60 bits per heavy atom. The highest BCUT2D eigenvalue weighted by Gasteiger charge is 2.50. The van der Waals surface area contributed by atoms with Crippen LogP contribution in [0.5, 0.6) is 0 Å². The van der Waals surface area contributed by atoms with Crippen LogP contribution in [0, 0.1) is 44.4 Å². The van der Waals surface area contributed by atoms with Gasteiger partial charge in [0.05, 0.1) is 5.92 Å². The fourth-order valence-corrected chi connectivity index (χ4v) is 5.26. The lowest BCUT2D eigenvalue weighted by molar-refractivity contribution is -0.129. The Morgan fingerprint density at radius 3 is 2.08 bits per heavy atom. The number of aryl methyl sites for hydroxylation is 3. The van der Waals surface area contributed by atoms with E-state index in [1.165, 1.54) is 16.7 Å². The molecule has 2 aliphatic rings. The van der Waals surface area contributed by atoms with Crippen LogP contribution in [0.4, 0.5) is 0 Å². The number of rotatable bonds is 4. The van der Waals surface area contributed by atoms with E-state index < -0.39 is 5.92 Å². The molecular formula is C23H28O2. The summed E-state index contributed by atoms with van der Waals surface area (Å²) in [7, 11) is 0. The zero-order valence-electron chi connectivity index (χ0n) is 16.1. The van der Waals surface area contributed by atoms with E-state index in [-0.39, 0.29) is 23.5 Å². The van der Waals surface area contributed by atoms with Crippen LogP contribution >= 0.6 is 0 Å². The van der Waals surface area contributed by atoms with Gasteiger partial charge in [0.15, 0.2) is 5.78 Å². The molecule has 0 heterocycles. The molecule has 25 heavy (non-hydrogen) atoms. The van der Waals surface area contributed by atoms with Crippen molar-refractivity contribution in [1.29, 1.82) is 0 Å².